The van der Waals surface area contributed by atoms with Gasteiger partial charge < -0.3 is 9.32 Å². The lowest BCUT2D eigenvalue weighted by Crippen LogP contribution is -2.09. The molecule has 0 bridgehead atoms. The van der Waals surface area contributed by atoms with E-state index in [9.17, 15) is 0 Å². The number of nitrogens with zero attached hydrogens (tertiary/aromatic N) is 1. The average molecular weight is 764 g/mol. The van der Waals surface area contributed by atoms with Gasteiger partial charge in [0.05, 0.1) is 0 Å². The van der Waals surface area contributed by atoms with Gasteiger partial charge in [0.25, 0.3) is 0 Å². The third-order valence-electron chi connectivity index (χ3n) is 12.3. The molecule has 11 aromatic carbocycles. The molecule has 60 heavy (non-hydrogen) atoms. The molecule has 0 aliphatic carbocycles. The van der Waals surface area contributed by atoms with Crippen molar-refractivity contribution in [3.8, 4) is 33.4 Å². The van der Waals surface area contributed by atoms with E-state index in [1.165, 1.54) is 60.0 Å². The fourth-order valence-corrected chi connectivity index (χ4v) is 9.38. The molecule has 2 heteroatoms. The molecule has 0 N–H and O–H groups in total. The first-order valence-corrected chi connectivity index (χ1v) is 20.6. The average Bonchev–Trinajstić information content (AvgIpc) is 3.72. The first-order valence-electron chi connectivity index (χ1n) is 20.6. The second-order valence-corrected chi connectivity index (χ2v) is 15.6. The van der Waals surface area contributed by atoms with E-state index in [0.717, 1.165) is 55.5 Å². The normalized spacial score (nSPS) is 11.7. The summed E-state index contributed by atoms with van der Waals surface area (Å²) in [6.45, 7) is 0. The highest BCUT2D eigenvalue weighted by Crippen LogP contribution is 2.43. The van der Waals surface area contributed by atoms with Gasteiger partial charge in [0, 0.05) is 33.2 Å². The molecule has 0 aliphatic heterocycles. The van der Waals surface area contributed by atoms with Gasteiger partial charge in [-0.25, -0.2) is 0 Å². The van der Waals surface area contributed by atoms with Gasteiger partial charge in [-0.05, 0) is 126 Å². The number of furan rings is 1. The van der Waals surface area contributed by atoms with E-state index in [-0.39, 0.29) is 0 Å². The molecule has 0 amide bonds. The molecule has 0 atom stereocenters. The van der Waals surface area contributed by atoms with Crippen molar-refractivity contribution in [3.63, 3.8) is 0 Å². The van der Waals surface area contributed by atoms with Crippen molar-refractivity contribution < 1.29 is 4.42 Å². The monoisotopic (exact) mass is 763 g/mol. The van der Waals surface area contributed by atoms with Crippen molar-refractivity contribution in [2.24, 2.45) is 0 Å². The molecule has 0 saturated carbocycles. The lowest BCUT2D eigenvalue weighted by molar-refractivity contribution is 0.673. The van der Waals surface area contributed by atoms with Crippen LogP contribution in [0, 0.1) is 0 Å². The molecule has 280 valence electrons. The van der Waals surface area contributed by atoms with E-state index >= 15 is 0 Å². The summed E-state index contributed by atoms with van der Waals surface area (Å²) in [7, 11) is 0. The first kappa shape index (κ1) is 34.1. The van der Waals surface area contributed by atoms with Crippen LogP contribution in [0.4, 0.5) is 17.1 Å². The van der Waals surface area contributed by atoms with Crippen molar-refractivity contribution >= 4 is 82.1 Å². The fraction of sp³-hybridized carbons (Fsp3) is 0. The molecular weight excluding hydrogens is 727 g/mol. The summed E-state index contributed by atoms with van der Waals surface area (Å²) in [5.41, 5.74) is 12.2. The van der Waals surface area contributed by atoms with Gasteiger partial charge >= 0.3 is 0 Å². The van der Waals surface area contributed by atoms with Crippen LogP contribution in [-0.4, -0.2) is 0 Å². The minimum Gasteiger partial charge on any atom is -0.455 e. The zero-order valence-corrected chi connectivity index (χ0v) is 32.7. The van der Waals surface area contributed by atoms with Crippen LogP contribution in [0.5, 0.6) is 0 Å². The molecule has 2 nitrogen and oxygen atoms in total. The second-order valence-electron chi connectivity index (χ2n) is 15.6. The van der Waals surface area contributed by atoms with E-state index in [1.54, 1.807) is 0 Å². The molecule has 1 heterocycles. The van der Waals surface area contributed by atoms with Crippen LogP contribution in [-0.2, 0) is 0 Å². The summed E-state index contributed by atoms with van der Waals surface area (Å²) in [5, 5.41) is 12.1. The maximum absolute atomic E-state index is 6.55. The van der Waals surface area contributed by atoms with Gasteiger partial charge in [0.1, 0.15) is 11.2 Å². The second kappa shape index (κ2) is 13.9. The van der Waals surface area contributed by atoms with Gasteiger partial charge in [0.2, 0.25) is 0 Å². The van der Waals surface area contributed by atoms with Gasteiger partial charge in [-0.1, -0.05) is 170 Å². The predicted octanol–water partition coefficient (Wildman–Crippen LogP) is 16.7. The summed E-state index contributed by atoms with van der Waals surface area (Å²) in [4.78, 5) is 2.36. The highest BCUT2D eigenvalue weighted by Gasteiger charge is 2.18. The largest absolute Gasteiger partial charge is 0.455 e. The van der Waals surface area contributed by atoms with Crippen LogP contribution in [0.3, 0.4) is 0 Å². The third-order valence-corrected chi connectivity index (χ3v) is 12.3. The Balaban J connectivity index is 0.971. The molecule has 0 unspecified atom stereocenters. The van der Waals surface area contributed by atoms with Gasteiger partial charge in [0.15, 0.2) is 0 Å². The highest BCUT2D eigenvalue weighted by molar-refractivity contribution is 6.19. The molecule has 12 rings (SSSR count). The Morgan fingerprint density at radius 1 is 0.283 bits per heavy atom. The van der Waals surface area contributed by atoms with Crippen LogP contribution >= 0.6 is 0 Å². The van der Waals surface area contributed by atoms with Crippen LogP contribution in [0.1, 0.15) is 0 Å². The zero-order chi connectivity index (χ0) is 39.6. The predicted molar refractivity (Wildman–Crippen MR) is 255 cm³/mol. The van der Waals surface area contributed by atoms with E-state index in [1.807, 2.05) is 0 Å². The minimum absolute atomic E-state index is 0.898. The first-order chi connectivity index (χ1) is 29.7. The van der Waals surface area contributed by atoms with Crippen LogP contribution in [0.2, 0.25) is 0 Å². The summed E-state index contributed by atoms with van der Waals surface area (Å²) in [6, 6.07) is 81.2. The summed E-state index contributed by atoms with van der Waals surface area (Å²) in [5.74, 6) is 0. The number of fused-ring (bicyclic) bond motifs is 9. The van der Waals surface area contributed by atoms with Crippen LogP contribution in [0.25, 0.3) is 98.4 Å². The number of hydrogen-bond acceptors (Lipinski definition) is 2. The lowest BCUT2D eigenvalue weighted by Gasteiger charge is -2.26. The van der Waals surface area contributed by atoms with Gasteiger partial charge in [-0.15, -0.1) is 0 Å². The number of benzene rings is 11. The third kappa shape index (κ3) is 5.57. The number of anilines is 3. The SMILES string of the molecule is c1ccc2c(-c3ccc(N(c4ccc(-c5cc6ccccc6c6ccccc56)cc4)c4ccc(-c5cccc6oc7c8ccccc8ccc7c56)cc4)cc3)cccc2c1. The minimum atomic E-state index is 0.898. The maximum Gasteiger partial charge on any atom is 0.143 e. The standard InChI is InChI=1S/C58H37NO/c1-4-15-47-38(11-1)14-9-20-48(47)40-23-30-44(31-24-40)59(46-34-27-42(28-35-46)55-37-43-13-3-5-16-49(43)52-18-7-8-19-53(52)55)45-32-25-41(26-33-45)50-21-10-22-56-57(50)54-36-29-39-12-2-6-17-51(39)58(54)60-56/h1-37H. The van der Waals surface area contributed by atoms with Crippen LogP contribution < -0.4 is 4.90 Å². The molecule has 0 fully saturated rings. The number of hydrogen-bond donors (Lipinski definition) is 0. The molecule has 0 radical (unpaired) electrons. The molecule has 12 aromatic rings. The quantitative estimate of drug-likeness (QED) is 0.157. The Morgan fingerprint density at radius 3 is 1.45 bits per heavy atom. The summed E-state index contributed by atoms with van der Waals surface area (Å²) in [6.07, 6.45) is 0. The molecular formula is C58H37NO. The van der Waals surface area contributed by atoms with E-state index < -0.39 is 0 Å². The highest BCUT2D eigenvalue weighted by atomic mass is 16.3. The molecule has 1 aromatic heterocycles. The van der Waals surface area contributed by atoms with E-state index in [4.69, 9.17) is 4.42 Å². The Bertz CT molecular complexity index is 3570. The van der Waals surface area contributed by atoms with Crippen molar-refractivity contribution in [3.05, 3.63) is 224 Å². The lowest BCUT2D eigenvalue weighted by atomic mass is 9.93. The smallest absolute Gasteiger partial charge is 0.143 e. The number of rotatable bonds is 6. The van der Waals surface area contributed by atoms with Gasteiger partial charge in [-0.3, -0.25) is 0 Å². The molecule has 0 spiro atoms. The van der Waals surface area contributed by atoms with Crippen molar-refractivity contribution in [1.82, 2.24) is 0 Å². The van der Waals surface area contributed by atoms with E-state index in [2.05, 4.69) is 229 Å². The van der Waals surface area contributed by atoms with Crippen molar-refractivity contribution in [1.29, 1.82) is 0 Å². The maximum atomic E-state index is 6.55. The molecule has 0 aliphatic rings. The van der Waals surface area contributed by atoms with Crippen molar-refractivity contribution in [2.45, 2.75) is 0 Å². The van der Waals surface area contributed by atoms with Gasteiger partial charge in [-0.2, -0.15) is 0 Å². The summed E-state index contributed by atoms with van der Waals surface area (Å²) >= 11 is 0. The Hall–Kier alpha value is -7.94. The molecule has 0 saturated heterocycles. The Kier molecular flexibility index (Phi) is 7.89. The zero-order valence-electron chi connectivity index (χ0n) is 32.7. The van der Waals surface area contributed by atoms with E-state index in [0.29, 0.717) is 0 Å². The Labute approximate surface area is 347 Å². The van der Waals surface area contributed by atoms with Crippen LogP contribution in [0.15, 0.2) is 229 Å². The van der Waals surface area contributed by atoms with Crippen molar-refractivity contribution in [2.75, 3.05) is 4.90 Å². The summed E-state index contributed by atoms with van der Waals surface area (Å²) < 4.78 is 6.55. The topological polar surface area (TPSA) is 16.4 Å². The Morgan fingerprint density at radius 2 is 0.767 bits per heavy atom. The fourth-order valence-electron chi connectivity index (χ4n) is 9.38.